The second-order valence-corrected chi connectivity index (χ2v) is 8.67. The molecule has 2 heterocycles. The van der Waals surface area contributed by atoms with Crippen LogP contribution in [0, 0.1) is 0 Å². The molecule has 1 aliphatic carbocycles. The summed E-state index contributed by atoms with van der Waals surface area (Å²) in [5.41, 5.74) is 9.95. The SMILES string of the molecule is C=C(N(C)C=O)N1Cc2c(c3c(n2Cc2ccc(/C=C/C(N)=O)cc2)=CCC=CC=3)C(C)C1. The summed E-state index contributed by atoms with van der Waals surface area (Å²) < 4.78 is 2.40. The average Bonchev–Trinajstić information content (AvgIpc) is 2.94. The Bertz CT molecular complexity index is 1260. The van der Waals surface area contributed by atoms with Crippen molar-refractivity contribution < 1.29 is 9.59 Å². The van der Waals surface area contributed by atoms with Crippen molar-refractivity contribution in [3.63, 3.8) is 0 Å². The normalized spacial score (nSPS) is 16.9. The Hall–Kier alpha value is -3.80. The zero-order valence-corrected chi connectivity index (χ0v) is 19.2. The minimum Gasteiger partial charge on any atom is -0.366 e. The maximum Gasteiger partial charge on any atom is 0.241 e. The van der Waals surface area contributed by atoms with E-state index in [2.05, 4.69) is 59.4 Å². The van der Waals surface area contributed by atoms with E-state index in [1.54, 1.807) is 13.1 Å². The number of carbonyl (C=O) groups excluding carboxylic acids is 2. The van der Waals surface area contributed by atoms with Crippen molar-refractivity contribution in [3.05, 3.63) is 87.8 Å². The topological polar surface area (TPSA) is 71.6 Å². The van der Waals surface area contributed by atoms with Crippen molar-refractivity contribution in [3.8, 4) is 0 Å². The fraction of sp³-hybridized carbons (Fsp3) is 0.259. The molecule has 33 heavy (non-hydrogen) atoms. The molecule has 0 bridgehead atoms. The zero-order valence-electron chi connectivity index (χ0n) is 19.2. The number of rotatable bonds is 7. The Balaban J connectivity index is 1.75. The van der Waals surface area contributed by atoms with Crippen molar-refractivity contribution in [2.24, 2.45) is 5.73 Å². The number of fused-ring (bicyclic) bond motifs is 3. The van der Waals surface area contributed by atoms with E-state index in [1.165, 1.54) is 38.4 Å². The Labute approximate surface area is 194 Å². The van der Waals surface area contributed by atoms with Gasteiger partial charge in [-0.3, -0.25) is 9.59 Å². The lowest BCUT2D eigenvalue weighted by Gasteiger charge is -2.37. The van der Waals surface area contributed by atoms with Gasteiger partial charge < -0.3 is 20.1 Å². The molecular formula is C27H30N4O2. The highest BCUT2D eigenvalue weighted by Gasteiger charge is 2.29. The number of aromatic nitrogens is 1. The van der Waals surface area contributed by atoms with Crippen molar-refractivity contribution in [1.82, 2.24) is 14.4 Å². The third-order valence-electron chi connectivity index (χ3n) is 6.36. The molecule has 6 nitrogen and oxygen atoms in total. The van der Waals surface area contributed by atoms with E-state index in [0.29, 0.717) is 18.3 Å². The zero-order chi connectivity index (χ0) is 23.5. The van der Waals surface area contributed by atoms with E-state index in [1.807, 2.05) is 12.1 Å². The van der Waals surface area contributed by atoms with Crippen LogP contribution in [0.3, 0.4) is 0 Å². The highest BCUT2D eigenvalue weighted by atomic mass is 16.1. The second kappa shape index (κ2) is 9.36. The number of nitrogens with two attached hydrogens (primary N) is 1. The molecule has 1 unspecified atom stereocenters. The van der Waals surface area contributed by atoms with Crippen molar-refractivity contribution in [1.29, 1.82) is 0 Å². The van der Waals surface area contributed by atoms with E-state index >= 15 is 0 Å². The largest absolute Gasteiger partial charge is 0.366 e. The van der Waals surface area contributed by atoms with Crippen LogP contribution in [-0.2, 0) is 22.7 Å². The summed E-state index contributed by atoms with van der Waals surface area (Å²) in [5, 5.41) is 2.53. The first-order valence-electron chi connectivity index (χ1n) is 11.2. The van der Waals surface area contributed by atoms with Crippen LogP contribution in [0.1, 0.15) is 41.6 Å². The summed E-state index contributed by atoms with van der Waals surface area (Å²) in [5.74, 6) is 0.559. The average molecular weight is 443 g/mol. The number of amides is 2. The molecule has 4 rings (SSSR count). The number of primary amides is 1. The molecule has 2 aliphatic rings. The lowest BCUT2D eigenvalue weighted by molar-refractivity contribution is -0.116. The van der Waals surface area contributed by atoms with Crippen molar-refractivity contribution in [2.75, 3.05) is 13.6 Å². The fourth-order valence-corrected chi connectivity index (χ4v) is 4.69. The quantitative estimate of drug-likeness (QED) is 0.527. The third-order valence-corrected chi connectivity index (χ3v) is 6.36. The smallest absolute Gasteiger partial charge is 0.241 e. The van der Waals surface area contributed by atoms with Gasteiger partial charge in [0.05, 0.1) is 6.54 Å². The highest BCUT2D eigenvalue weighted by Crippen LogP contribution is 2.28. The Morgan fingerprint density at radius 3 is 2.76 bits per heavy atom. The molecule has 0 spiro atoms. The first kappa shape index (κ1) is 22.4. The molecule has 0 saturated carbocycles. The van der Waals surface area contributed by atoms with Gasteiger partial charge in [-0.25, -0.2) is 0 Å². The van der Waals surface area contributed by atoms with E-state index in [9.17, 15) is 9.59 Å². The molecule has 0 fully saturated rings. The van der Waals surface area contributed by atoms with Crippen molar-refractivity contribution in [2.45, 2.75) is 32.4 Å². The lowest BCUT2D eigenvalue weighted by atomic mass is 9.94. The molecule has 1 aliphatic heterocycles. The molecule has 2 amide bonds. The molecule has 0 radical (unpaired) electrons. The van der Waals surface area contributed by atoms with Gasteiger partial charge in [-0.15, -0.1) is 0 Å². The van der Waals surface area contributed by atoms with Crippen LogP contribution in [0.2, 0.25) is 0 Å². The highest BCUT2D eigenvalue weighted by molar-refractivity contribution is 5.90. The molecular weight excluding hydrogens is 412 g/mol. The monoisotopic (exact) mass is 442 g/mol. The summed E-state index contributed by atoms with van der Waals surface area (Å²) in [6, 6.07) is 8.16. The van der Waals surface area contributed by atoms with E-state index in [-0.39, 0.29) is 0 Å². The molecule has 0 saturated heterocycles. The molecule has 1 aromatic carbocycles. The van der Waals surface area contributed by atoms with Crippen LogP contribution in [0.4, 0.5) is 0 Å². The van der Waals surface area contributed by atoms with Gasteiger partial charge in [0.1, 0.15) is 5.82 Å². The summed E-state index contributed by atoms with van der Waals surface area (Å²) in [6.07, 6.45) is 13.6. The summed E-state index contributed by atoms with van der Waals surface area (Å²) in [4.78, 5) is 26.0. The second-order valence-electron chi connectivity index (χ2n) is 8.67. The number of allylic oxidation sites excluding steroid dienone is 2. The molecule has 2 N–H and O–H groups in total. The fourth-order valence-electron chi connectivity index (χ4n) is 4.69. The Kier molecular flexibility index (Phi) is 6.36. The van der Waals surface area contributed by atoms with Crippen molar-refractivity contribution >= 4 is 30.5 Å². The summed E-state index contributed by atoms with van der Waals surface area (Å²) in [6.45, 7) is 8.65. The summed E-state index contributed by atoms with van der Waals surface area (Å²) in [7, 11) is 1.74. The summed E-state index contributed by atoms with van der Waals surface area (Å²) >= 11 is 0. The lowest BCUT2D eigenvalue weighted by Crippen LogP contribution is -2.38. The van der Waals surface area contributed by atoms with Gasteiger partial charge in [-0.05, 0) is 29.2 Å². The van der Waals surface area contributed by atoms with E-state index in [4.69, 9.17) is 5.73 Å². The van der Waals surface area contributed by atoms with Gasteiger partial charge >= 0.3 is 0 Å². The number of hydrogen-bond donors (Lipinski definition) is 1. The van der Waals surface area contributed by atoms with Crippen LogP contribution in [0.5, 0.6) is 0 Å². The van der Waals surface area contributed by atoms with Gasteiger partial charge in [0.15, 0.2) is 0 Å². The molecule has 6 heteroatoms. The number of hydrogen-bond acceptors (Lipinski definition) is 3. The minimum atomic E-state index is -0.457. The van der Waals surface area contributed by atoms with Crippen LogP contribution in [-0.4, -0.2) is 40.3 Å². The minimum absolute atomic E-state index is 0.304. The Morgan fingerprint density at radius 1 is 1.30 bits per heavy atom. The first-order valence-corrected chi connectivity index (χ1v) is 11.2. The molecule has 1 atom stereocenters. The van der Waals surface area contributed by atoms with E-state index in [0.717, 1.165) is 31.5 Å². The van der Waals surface area contributed by atoms with Crippen LogP contribution >= 0.6 is 0 Å². The molecule has 1 aromatic heterocycles. The van der Waals surface area contributed by atoms with Gasteiger partial charge in [-0.1, -0.05) is 62.1 Å². The van der Waals surface area contributed by atoms with Gasteiger partial charge in [0, 0.05) is 48.4 Å². The number of benzene rings is 1. The maximum absolute atomic E-state index is 11.3. The van der Waals surface area contributed by atoms with Gasteiger partial charge in [0.25, 0.3) is 0 Å². The predicted molar refractivity (Wildman–Crippen MR) is 132 cm³/mol. The Morgan fingerprint density at radius 2 is 2.06 bits per heavy atom. The molecule has 170 valence electrons. The van der Waals surface area contributed by atoms with Crippen LogP contribution < -0.4 is 16.3 Å². The first-order chi connectivity index (χ1) is 15.9. The molecule has 2 aromatic rings. The van der Waals surface area contributed by atoms with Crippen LogP contribution in [0.25, 0.3) is 18.2 Å². The van der Waals surface area contributed by atoms with Gasteiger partial charge in [-0.2, -0.15) is 0 Å². The third kappa shape index (κ3) is 4.55. The standard InChI is InChI=1S/C27H30N4O2/c1-19-15-30(20(2)29(3)18-32)17-25-27(19)23-7-5-4-6-8-24(23)31(25)16-22-11-9-21(10-12-22)13-14-26(28)33/h4-5,7-14,18-19H,2,6,15-17H2,1,3H3,(H2,28,33)/b14-13+. The maximum atomic E-state index is 11.3. The van der Waals surface area contributed by atoms with Gasteiger partial charge in [0.2, 0.25) is 12.3 Å². The van der Waals surface area contributed by atoms with E-state index < -0.39 is 5.91 Å². The predicted octanol–water partition coefficient (Wildman–Crippen LogP) is 2.03. The number of carbonyl (C=O) groups is 2. The van der Waals surface area contributed by atoms with Crippen LogP contribution in [0.15, 0.2) is 54.9 Å². The number of nitrogens with zero attached hydrogens (tertiary/aromatic N) is 3.